The lowest BCUT2D eigenvalue weighted by Gasteiger charge is -2.32. The number of nitrogens with zero attached hydrogens (tertiary/aromatic N) is 2. The number of sulfonamides is 1. The number of nitro groups is 1. The summed E-state index contributed by atoms with van der Waals surface area (Å²) in [7, 11) is -3.89. The fraction of sp³-hybridized carbons (Fsp3) is 0.571. The number of halogens is 1. The smallest absolute Gasteiger partial charge is 0.275 e. The molecule has 0 aromatic heterocycles. The van der Waals surface area contributed by atoms with Gasteiger partial charge in [-0.05, 0) is 19.9 Å². The highest BCUT2D eigenvalue weighted by molar-refractivity contribution is 7.89. The van der Waals surface area contributed by atoms with Crippen LogP contribution in [0.15, 0.2) is 17.0 Å². The van der Waals surface area contributed by atoms with Crippen molar-refractivity contribution in [2.24, 2.45) is 0 Å². The van der Waals surface area contributed by atoms with E-state index in [4.69, 9.17) is 16.3 Å². The van der Waals surface area contributed by atoms with Crippen LogP contribution in [0.25, 0.3) is 0 Å². The van der Waals surface area contributed by atoms with E-state index in [1.54, 1.807) is 0 Å². The SMILES string of the molecule is Cc1c(Cl)cc(S(=O)(=O)NCC(C)N2CCOCC2)cc1[N+](=O)[O-]. The topological polar surface area (TPSA) is 102 Å². The Morgan fingerprint density at radius 3 is 2.62 bits per heavy atom. The number of morpholine rings is 1. The number of nitrogens with one attached hydrogen (secondary N) is 1. The van der Waals surface area contributed by atoms with Crippen molar-refractivity contribution in [1.82, 2.24) is 9.62 Å². The van der Waals surface area contributed by atoms with Crippen LogP contribution in [0.3, 0.4) is 0 Å². The summed E-state index contributed by atoms with van der Waals surface area (Å²) in [4.78, 5) is 12.3. The highest BCUT2D eigenvalue weighted by atomic mass is 35.5. The Bertz CT molecular complexity index is 719. The molecule has 1 N–H and O–H groups in total. The molecule has 0 aliphatic carbocycles. The van der Waals surface area contributed by atoms with E-state index < -0.39 is 14.9 Å². The van der Waals surface area contributed by atoms with Crippen LogP contribution in [0.5, 0.6) is 0 Å². The van der Waals surface area contributed by atoms with E-state index in [-0.39, 0.29) is 33.8 Å². The zero-order valence-electron chi connectivity index (χ0n) is 13.5. The van der Waals surface area contributed by atoms with E-state index in [1.807, 2.05) is 6.92 Å². The van der Waals surface area contributed by atoms with Gasteiger partial charge >= 0.3 is 0 Å². The fourth-order valence-electron chi connectivity index (χ4n) is 2.45. The third kappa shape index (κ3) is 4.42. The molecule has 0 spiro atoms. The third-order valence-electron chi connectivity index (χ3n) is 4.04. The quantitative estimate of drug-likeness (QED) is 0.596. The van der Waals surface area contributed by atoms with E-state index in [9.17, 15) is 18.5 Å². The maximum Gasteiger partial charge on any atom is 0.275 e. The summed E-state index contributed by atoms with van der Waals surface area (Å²) >= 11 is 5.93. The Morgan fingerprint density at radius 1 is 1.42 bits per heavy atom. The molecule has 1 atom stereocenters. The molecule has 0 bridgehead atoms. The minimum Gasteiger partial charge on any atom is -0.379 e. The summed E-state index contributed by atoms with van der Waals surface area (Å²) in [5, 5.41) is 11.1. The van der Waals surface area contributed by atoms with Crippen molar-refractivity contribution >= 4 is 27.3 Å². The van der Waals surface area contributed by atoms with Gasteiger partial charge in [-0.15, -0.1) is 0 Å². The van der Waals surface area contributed by atoms with Crippen molar-refractivity contribution in [3.05, 3.63) is 32.8 Å². The predicted molar refractivity (Wildman–Crippen MR) is 89.9 cm³/mol. The van der Waals surface area contributed by atoms with Gasteiger partial charge in [-0.25, -0.2) is 13.1 Å². The molecule has 24 heavy (non-hydrogen) atoms. The summed E-state index contributed by atoms with van der Waals surface area (Å²) in [6.07, 6.45) is 0. The van der Waals surface area contributed by atoms with Crippen molar-refractivity contribution < 1.29 is 18.1 Å². The molecule has 1 aliphatic heterocycles. The van der Waals surface area contributed by atoms with Crippen LogP contribution in [-0.4, -0.2) is 57.1 Å². The Balaban J connectivity index is 2.14. The first-order chi connectivity index (χ1) is 11.2. The maximum atomic E-state index is 12.4. The van der Waals surface area contributed by atoms with Crippen LogP contribution in [0.1, 0.15) is 12.5 Å². The highest BCUT2D eigenvalue weighted by Gasteiger charge is 2.24. The molecule has 0 amide bonds. The number of hydrogen-bond acceptors (Lipinski definition) is 6. The van der Waals surface area contributed by atoms with Crippen molar-refractivity contribution in [3.63, 3.8) is 0 Å². The van der Waals surface area contributed by atoms with Crippen LogP contribution in [-0.2, 0) is 14.8 Å². The van der Waals surface area contributed by atoms with E-state index in [0.717, 1.165) is 19.2 Å². The summed E-state index contributed by atoms with van der Waals surface area (Å²) in [6.45, 7) is 6.31. The molecule has 1 saturated heterocycles. The normalized spacial score (nSPS) is 17.6. The van der Waals surface area contributed by atoms with Crippen LogP contribution in [0.4, 0.5) is 5.69 Å². The molecule has 8 nitrogen and oxygen atoms in total. The molecule has 1 heterocycles. The highest BCUT2D eigenvalue weighted by Crippen LogP contribution is 2.29. The fourth-order valence-corrected chi connectivity index (χ4v) is 3.89. The predicted octanol–water partition coefficient (Wildman–Crippen LogP) is 1.56. The molecule has 0 radical (unpaired) electrons. The zero-order valence-corrected chi connectivity index (χ0v) is 15.1. The van der Waals surface area contributed by atoms with E-state index in [0.29, 0.717) is 13.2 Å². The first-order valence-electron chi connectivity index (χ1n) is 7.48. The van der Waals surface area contributed by atoms with Gasteiger partial charge in [0.15, 0.2) is 0 Å². The number of benzene rings is 1. The lowest BCUT2D eigenvalue weighted by molar-refractivity contribution is -0.385. The summed E-state index contributed by atoms with van der Waals surface area (Å²) in [6, 6.07) is 2.24. The first kappa shape index (κ1) is 19.1. The Kier molecular flexibility index (Phi) is 6.16. The van der Waals surface area contributed by atoms with E-state index in [1.165, 1.54) is 13.0 Å². The lowest BCUT2D eigenvalue weighted by atomic mass is 10.2. The minimum atomic E-state index is -3.89. The third-order valence-corrected chi connectivity index (χ3v) is 5.83. The van der Waals surface area contributed by atoms with Crippen LogP contribution in [0, 0.1) is 17.0 Å². The first-order valence-corrected chi connectivity index (χ1v) is 9.34. The van der Waals surface area contributed by atoms with Crippen molar-refractivity contribution in [1.29, 1.82) is 0 Å². The average molecular weight is 378 g/mol. The second-order valence-electron chi connectivity index (χ2n) is 5.66. The minimum absolute atomic E-state index is 0.0143. The molecule has 1 aromatic rings. The number of nitro benzene ring substituents is 1. The van der Waals surface area contributed by atoms with Crippen LogP contribution in [0.2, 0.25) is 5.02 Å². The van der Waals surface area contributed by atoms with Gasteiger partial charge < -0.3 is 4.74 Å². The number of ether oxygens (including phenoxy) is 1. The standard InChI is InChI=1S/C14H20ClN3O5S/c1-10(17-3-5-23-6-4-17)9-16-24(21,22)12-7-13(15)11(2)14(8-12)18(19)20/h7-8,10,16H,3-6,9H2,1-2H3. The van der Waals surface area contributed by atoms with Gasteiger partial charge in [-0.1, -0.05) is 11.6 Å². The molecule has 10 heteroatoms. The Morgan fingerprint density at radius 2 is 2.04 bits per heavy atom. The molecular formula is C14H20ClN3O5S. The number of hydrogen-bond donors (Lipinski definition) is 1. The Labute approximate surface area is 145 Å². The molecule has 0 saturated carbocycles. The maximum absolute atomic E-state index is 12.4. The second-order valence-corrected chi connectivity index (χ2v) is 7.83. The van der Waals surface area contributed by atoms with Gasteiger partial charge in [-0.3, -0.25) is 15.0 Å². The average Bonchev–Trinajstić information content (AvgIpc) is 2.55. The molecular weight excluding hydrogens is 358 g/mol. The van der Waals surface area contributed by atoms with Gasteiger partial charge in [0, 0.05) is 37.3 Å². The number of rotatable bonds is 6. The van der Waals surface area contributed by atoms with Gasteiger partial charge in [0.1, 0.15) is 0 Å². The van der Waals surface area contributed by atoms with E-state index in [2.05, 4.69) is 9.62 Å². The van der Waals surface area contributed by atoms with Crippen molar-refractivity contribution in [2.75, 3.05) is 32.8 Å². The van der Waals surface area contributed by atoms with Crippen LogP contribution >= 0.6 is 11.6 Å². The largest absolute Gasteiger partial charge is 0.379 e. The molecule has 1 aliphatic rings. The molecule has 1 aromatic carbocycles. The molecule has 2 rings (SSSR count). The zero-order chi connectivity index (χ0) is 17.9. The monoisotopic (exact) mass is 377 g/mol. The Hall–Kier alpha value is -1.26. The lowest BCUT2D eigenvalue weighted by Crippen LogP contribution is -2.47. The molecule has 134 valence electrons. The van der Waals surface area contributed by atoms with Gasteiger partial charge in [-0.2, -0.15) is 0 Å². The van der Waals surface area contributed by atoms with E-state index >= 15 is 0 Å². The van der Waals surface area contributed by atoms with Gasteiger partial charge in [0.2, 0.25) is 10.0 Å². The second kappa shape index (κ2) is 7.75. The summed E-state index contributed by atoms with van der Waals surface area (Å²) < 4.78 is 32.6. The molecule has 1 fully saturated rings. The summed E-state index contributed by atoms with van der Waals surface area (Å²) in [5.41, 5.74) is -0.0774. The van der Waals surface area contributed by atoms with Crippen molar-refractivity contribution in [2.45, 2.75) is 24.8 Å². The van der Waals surface area contributed by atoms with Crippen LogP contribution < -0.4 is 4.72 Å². The van der Waals surface area contributed by atoms with Gasteiger partial charge in [0.25, 0.3) is 5.69 Å². The van der Waals surface area contributed by atoms with Gasteiger partial charge in [0.05, 0.1) is 28.1 Å². The summed E-state index contributed by atoms with van der Waals surface area (Å²) in [5.74, 6) is 0. The molecule has 1 unspecified atom stereocenters. The van der Waals surface area contributed by atoms with Crippen molar-refractivity contribution in [3.8, 4) is 0 Å².